The van der Waals surface area contributed by atoms with Crippen LogP contribution < -0.4 is 10.5 Å². The first-order valence-electron chi connectivity index (χ1n) is 11.5. The molecule has 0 radical (unpaired) electrons. The molecule has 2 atom stereocenters. The van der Waals surface area contributed by atoms with Crippen molar-refractivity contribution in [3.63, 3.8) is 0 Å². The summed E-state index contributed by atoms with van der Waals surface area (Å²) < 4.78 is 13.4. The summed E-state index contributed by atoms with van der Waals surface area (Å²) in [4.78, 5) is 16.8. The largest absolute Gasteiger partial charge is 0.491 e. The Balaban J connectivity index is 1.25. The molecular weight excluding hydrogens is 418 g/mol. The number of fused-ring (bicyclic) bond motifs is 1. The van der Waals surface area contributed by atoms with Crippen molar-refractivity contribution in [2.75, 3.05) is 32.0 Å². The monoisotopic (exact) mass is 451 g/mol. The minimum Gasteiger partial charge on any atom is -0.491 e. The Labute approximate surface area is 194 Å². The summed E-state index contributed by atoms with van der Waals surface area (Å²) in [6.45, 7) is 7.44. The molecule has 0 aliphatic carbocycles. The van der Waals surface area contributed by atoms with Crippen LogP contribution in [-0.4, -0.2) is 64.0 Å². The zero-order valence-electron chi connectivity index (χ0n) is 19.6. The molecule has 176 valence electrons. The quantitative estimate of drug-likeness (QED) is 0.552. The molecule has 0 saturated carbocycles. The van der Waals surface area contributed by atoms with E-state index in [1.54, 1.807) is 4.68 Å². The van der Waals surface area contributed by atoms with Gasteiger partial charge in [-0.3, -0.25) is 9.58 Å². The SMILES string of the molecule is CC1CN(C(=O)OCc2ccccc2)CC(C)N1CCCOc1cccc2c(N)nn(C)c12. The number of nitrogens with zero attached hydrogens (tertiary/aromatic N) is 4. The summed E-state index contributed by atoms with van der Waals surface area (Å²) in [5.74, 6) is 1.31. The number of piperazine rings is 1. The van der Waals surface area contributed by atoms with Gasteiger partial charge in [0.15, 0.2) is 5.82 Å². The smallest absolute Gasteiger partial charge is 0.410 e. The normalized spacial score (nSPS) is 19.1. The van der Waals surface area contributed by atoms with Gasteiger partial charge in [0.25, 0.3) is 0 Å². The summed E-state index contributed by atoms with van der Waals surface area (Å²) in [6.07, 6.45) is 0.640. The molecule has 8 nitrogen and oxygen atoms in total. The Bertz CT molecular complexity index is 1070. The maximum Gasteiger partial charge on any atom is 0.410 e. The second-order valence-electron chi connectivity index (χ2n) is 8.74. The Kier molecular flexibility index (Phi) is 7.03. The molecule has 2 heterocycles. The second-order valence-corrected chi connectivity index (χ2v) is 8.74. The van der Waals surface area contributed by atoms with Crippen LogP contribution in [0.3, 0.4) is 0 Å². The average molecular weight is 452 g/mol. The molecule has 1 fully saturated rings. The minimum atomic E-state index is -0.246. The van der Waals surface area contributed by atoms with Gasteiger partial charge in [0.2, 0.25) is 0 Å². The van der Waals surface area contributed by atoms with Crippen molar-refractivity contribution in [2.24, 2.45) is 7.05 Å². The van der Waals surface area contributed by atoms with Crippen molar-refractivity contribution in [1.29, 1.82) is 0 Å². The third-order valence-electron chi connectivity index (χ3n) is 6.24. The van der Waals surface area contributed by atoms with Crippen LogP contribution in [0, 0.1) is 0 Å². The molecule has 1 aromatic heterocycles. The first-order valence-corrected chi connectivity index (χ1v) is 11.5. The van der Waals surface area contributed by atoms with Crippen molar-refractivity contribution >= 4 is 22.8 Å². The van der Waals surface area contributed by atoms with Gasteiger partial charge in [-0.05, 0) is 38.0 Å². The lowest BCUT2D eigenvalue weighted by Gasteiger charge is -2.44. The van der Waals surface area contributed by atoms with Crippen molar-refractivity contribution in [3.05, 3.63) is 54.1 Å². The zero-order valence-corrected chi connectivity index (χ0v) is 19.6. The van der Waals surface area contributed by atoms with Crippen LogP contribution in [0.15, 0.2) is 48.5 Å². The standard InChI is InChI=1S/C25H33N5O3/c1-18-15-29(25(31)33-17-20-9-5-4-6-10-20)16-19(2)30(18)13-8-14-32-22-12-7-11-21-23(22)28(3)27-24(21)26/h4-7,9-12,18-19H,8,13-17H2,1-3H3,(H2,26,27). The lowest BCUT2D eigenvalue weighted by Crippen LogP contribution is -2.58. The number of amides is 1. The van der Waals surface area contributed by atoms with E-state index in [4.69, 9.17) is 15.2 Å². The number of nitrogen functional groups attached to an aromatic ring is 1. The highest BCUT2D eigenvalue weighted by Gasteiger charge is 2.32. The fourth-order valence-electron chi connectivity index (χ4n) is 4.63. The molecule has 1 amide bonds. The summed E-state index contributed by atoms with van der Waals surface area (Å²) in [5.41, 5.74) is 7.89. The number of para-hydroxylation sites is 1. The molecule has 4 rings (SSSR count). The molecule has 1 aliphatic heterocycles. The van der Waals surface area contributed by atoms with E-state index < -0.39 is 0 Å². The maximum absolute atomic E-state index is 12.6. The molecule has 1 saturated heterocycles. The average Bonchev–Trinajstić information content (AvgIpc) is 3.11. The fraction of sp³-hybridized carbons (Fsp3) is 0.440. The van der Waals surface area contributed by atoms with Crippen LogP contribution in [0.25, 0.3) is 10.9 Å². The van der Waals surface area contributed by atoms with E-state index in [0.717, 1.165) is 35.2 Å². The summed E-state index contributed by atoms with van der Waals surface area (Å²) >= 11 is 0. The molecule has 1 aliphatic rings. The van der Waals surface area contributed by atoms with Gasteiger partial charge in [-0.2, -0.15) is 5.10 Å². The third kappa shape index (κ3) is 5.22. The predicted molar refractivity (Wildman–Crippen MR) is 129 cm³/mol. The number of benzene rings is 2. The predicted octanol–water partition coefficient (Wildman–Crippen LogP) is 3.66. The van der Waals surface area contributed by atoms with Crippen molar-refractivity contribution in [2.45, 2.75) is 39.0 Å². The van der Waals surface area contributed by atoms with E-state index in [9.17, 15) is 4.79 Å². The number of carbonyl (C=O) groups excluding carboxylic acids is 1. The minimum absolute atomic E-state index is 0.246. The van der Waals surface area contributed by atoms with E-state index in [-0.39, 0.29) is 18.2 Å². The van der Waals surface area contributed by atoms with Crippen LogP contribution in [0.4, 0.5) is 10.6 Å². The lowest BCUT2D eigenvalue weighted by molar-refractivity contribution is 0.0230. The van der Waals surface area contributed by atoms with Crippen LogP contribution in [0.2, 0.25) is 0 Å². The van der Waals surface area contributed by atoms with Gasteiger partial charge in [0.05, 0.1) is 6.61 Å². The maximum atomic E-state index is 12.6. The zero-order chi connectivity index (χ0) is 23.4. The van der Waals surface area contributed by atoms with E-state index in [1.165, 1.54) is 0 Å². The molecule has 0 spiro atoms. The van der Waals surface area contributed by atoms with Crippen LogP contribution >= 0.6 is 0 Å². The lowest BCUT2D eigenvalue weighted by atomic mass is 10.1. The van der Waals surface area contributed by atoms with Crippen LogP contribution in [0.5, 0.6) is 5.75 Å². The molecule has 8 heteroatoms. The van der Waals surface area contributed by atoms with E-state index in [2.05, 4.69) is 23.8 Å². The molecule has 2 unspecified atom stereocenters. The molecule has 2 aromatic carbocycles. The van der Waals surface area contributed by atoms with Gasteiger partial charge in [-0.15, -0.1) is 0 Å². The number of nitrogens with two attached hydrogens (primary N) is 1. The number of aryl methyl sites for hydroxylation is 1. The number of anilines is 1. The van der Waals surface area contributed by atoms with Crippen molar-refractivity contribution in [1.82, 2.24) is 19.6 Å². The number of ether oxygens (including phenoxy) is 2. The number of hydrogen-bond acceptors (Lipinski definition) is 6. The van der Waals surface area contributed by atoms with E-state index in [1.807, 2.05) is 60.5 Å². The fourth-order valence-corrected chi connectivity index (χ4v) is 4.63. The topological polar surface area (TPSA) is 85.8 Å². The Hall–Kier alpha value is -3.26. The van der Waals surface area contributed by atoms with Gasteiger partial charge >= 0.3 is 6.09 Å². The van der Waals surface area contributed by atoms with Crippen molar-refractivity contribution in [3.8, 4) is 5.75 Å². The highest BCUT2D eigenvalue weighted by Crippen LogP contribution is 2.29. The molecule has 33 heavy (non-hydrogen) atoms. The summed E-state index contributed by atoms with van der Waals surface area (Å²) in [7, 11) is 1.87. The van der Waals surface area contributed by atoms with Crippen molar-refractivity contribution < 1.29 is 14.3 Å². The van der Waals surface area contributed by atoms with Gasteiger partial charge < -0.3 is 20.1 Å². The van der Waals surface area contributed by atoms with Gasteiger partial charge in [-0.1, -0.05) is 36.4 Å². The van der Waals surface area contributed by atoms with Crippen LogP contribution in [0.1, 0.15) is 25.8 Å². The van der Waals surface area contributed by atoms with Crippen LogP contribution in [-0.2, 0) is 18.4 Å². The number of rotatable bonds is 7. The van der Waals surface area contributed by atoms with Gasteiger partial charge in [-0.25, -0.2) is 4.79 Å². The third-order valence-corrected chi connectivity index (χ3v) is 6.24. The Morgan fingerprint density at radius 2 is 1.82 bits per heavy atom. The van der Waals surface area contributed by atoms with E-state index in [0.29, 0.717) is 32.1 Å². The summed E-state index contributed by atoms with van der Waals surface area (Å²) in [6, 6.07) is 16.1. The first kappa shape index (κ1) is 22.9. The first-order chi connectivity index (χ1) is 15.9. The number of hydrogen-bond donors (Lipinski definition) is 1. The van der Waals surface area contributed by atoms with E-state index >= 15 is 0 Å². The number of aromatic nitrogens is 2. The Morgan fingerprint density at radius 3 is 2.55 bits per heavy atom. The summed E-state index contributed by atoms with van der Waals surface area (Å²) in [5, 5.41) is 5.20. The molecular formula is C25H33N5O3. The second kappa shape index (κ2) is 10.1. The Morgan fingerprint density at radius 1 is 1.09 bits per heavy atom. The van der Waals surface area contributed by atoms with Gasteiger partial charge in [0.1, 0.15) is 17.9 Å². The molecule has 3 aromatic rings. The number of carbonyl (C=O) groups is 1. The molecule has 0 bridgehead atoms. The highest BCUT2D eigenvalue weighted by molar-refractivity contribution is 5.93. The van der Waals surface area contributed by atoms with Gasteiger partial charge in [0, 0.05) is 44.2 Å². The molecule has 2 N–H and O–H groups in total. The highest BCUT2D eigenvalue weighted by atomic mass is 16.6.